The summed E-state index contributed by atoms with van der Waals surface area (Å²) in [7, 11) is 0. The Kier molecular flexibility index (Phi) is 18.7. The average molecular weight is 881 g/mol. The van der Waals surface area contributed by atoms with Crippen LogP contribution >= 0.6 is 0 Å². The molecule has 4 N–H and O–H groups in total. The minimum absolute atomic E-state index is 0.00107. The van der Waals surface area contributed by atoms with Gasteiger partial charge < -0.3 is 35.1 Å². The lowest BCUT2D eigenvalue weighted by atomic mass is 10.00. The van der Waals surface area contributed by atoms with Gasteiger partial charge >= 0.3 is 5.97 Å². The molecule has 4 aromatic carbocycles. The van der Waals surface area contributed by atoms with Crippen LogP contribution in [-0.2, 0) is 9.59 Å². The van der Waals surface area contributed by atoms with Crippen molar-refractivity contribution in [3.05, 3.63) is 169 Å². The van der Waals surface area contributed by atoms with E-state index in [-0.39, 0.29) is 25.2 Å². The summed E-state index contributed by atoms with van der Waals surface area (Å²) in [5.41, 5.74) is 8.65. The maximum atomic E-state index is 12.3. The summed E-state index contributed by atoms with van der Waals surface area (Å²) < 4.78 is 21.8. The van der Waals surface area contributed by atoms with Crippen molar-refractivity contribution in [3.63, 3.8) is 0 Å². The first-order valence-corrected chi connectivity index (χ1v) is 22.2. The molecule has 2 aromatic heterocycles. The highest BCUT2D eigenvalue weighted by atomic mass is 16.5. The second-order valence-corrected chi connectivity index (χ2v) is 15.9. The number of hydrogen-bond acceptors (Lipinski definition) is 11. The number of amides is 1. The van der Waals surface area contributed by atoms with Gasteiger partial charge in [-0.25, -0.2) is 14.8 Å². The summed E-state index contributed by atoms with van der Waals surface area (Å²) in [5, 5.41) is 11.6. The number of carboxylic acid groups (broad SMARTS) is 1. The number of nitrogens with two attached hydrogens (primary N) is 1. The van der Waals surface area contributed by atoms with Gasteiger partial charge in [0.05, 0.1) is 0 Å². The first kappa shape index (κ1) is 47.7. The number of ether oxygens (including phenoxy) is 4. The van der Waals surface area contributed by atoms with Crippen LogP contribution in [0, 0.1) is 0 Å². The molecular weight excluding hydrogens is 821 g/mol. The van der Waals surface area contributed by atoms with Crippen LogP contribution in [0.1, 0.15) is 62.7 Å². The van der Waals surface area contributed by atoms with E-state index in [0.717, 1.165) is 51.9 Å². The monoisotopic (exact) mass is 880 g/mol. The van der Waals surface area contributed by atoms with Gasteiger partial charge in [-0.3, -0.25) is 14.6 Å². The van der Waals surface area contributed by atoms with Crippen LogP contribution in [-0.4, -0.2) is 88.2 Å². The van der Waals surface area contributed by atoms with Crippen LogP contribution in [0.4, 0.5) is 0 Å². The third-order valence-corrected chi connectivity index (χ3v) is 11.2. The number of pyridine rings is 2. The molecule has 0 saturated carbocycles. The molecule has 0 aliphatic carbocycles. The molecule has 6 aromatic rings. The lowest BCUT2D eigenvalue weighted by molar-refractivity contribution is -0.139. The highest BCUT2D eigenvalue weighted by Gasteiger charge is 2.25. The number of piperidine rings is 2. The Morgan fingerprint density at radius 1 is 0.585 bits per heavy atom. The number of likely N-dealkylation sites (tertiary alicyclic amines) is 2. The molecule has 2 saturated heterocycles. The number of benzene rings is 4. The second kappa shape index (κ2) is 25.5. The van der Waals surface area contributed by atoms with E-state index in [0.29, 0.717) is 52.9 Å². The fourth-order valence-electron chi connectivity index (χ4n) is 7.45. The number of hydrogen-bond donors (Lipinski definition) is 3. The molecule has 1 amide bonds. The van der Waals surface area contributed by atoms with Crippen molar-refractivity contribution in [2.75, 3.05) is 39.4 Å². The SMILES string of the molecule is CC(c1ccccc1)N1CCC(N)CC1.CC(c1ccccc1)N1CCC(NC(=O)COc2ccc(Oc3ccccn3)cc2)CC1.O=C(O)COc1ccc(Oc2ccccn2)cc1. The van der Waals surface area contributed by atoms with Crippen LogP contribution in [0.5, 0.6) is 34.8 Å². The normalized spacial score (nSPS) is 15.4. The number of nitrogens with one attached hydrogen (secondary N) is 1. The van der Waals surface area contributed by atoms with Gasteiger partial charge in [0, 0.05) is 74.9 Å². The van der Waals surface area contributed by atoms with Crippen molar-refractivity contribution >= 4 is 11.9 Å². The van der Waals surface area contributed by atoms with Crippen molar-refractivity contribution < 1.29 is 33.6 Å². The quantitative estimate of drug-likeness (QED) is 0.0899. The highest BCUT2D eigenvalue weighted by molar-refractivity contribution is 5.77. The van der Waals surface area contributed by atoms with Crippen molar-refractivity contribution in [1.82, 2.24) is 25.1 Å². The molecule has 2 aliphatic heterocycles. The summed E-state index contributed by atoms with van der Waals surface area (Å²) in [6.07, 6.45) is 7.48. The van der Waals surface area contributed by atoms with E-state index in [1.807, 2.05) is 24.3 Å². The third-order valence-electron chi connectivity index (χ3n) is 11.2. The highest BCUT2D eigenvalue weighted by Crippen LogP contribution is 2.26. The predicted molar refractivity (Wildman–Crippen MR) is 251 cm³/mol. The summed E-state index contributed by atoms with van der Waals surface area (Å²) in [4.78, 5) is 35.8. The largest absolute Gasteiger partial charge is 0.484 e. The lowest BCUT2D eigenvalue weighted by Crippen LogP contribution is -2.46. The molecule has 13 heteroatoms. The van der Waals surface area contributed by atoms with Crippen LogP contribution in [0.2, 0.25) is 0 Å². The summed E-state index contributed by atoms with van der Waals surface area (Å²) >= 11 is 0. The molecule has 340 valence electrons. The topological polar surface area (TPSA) is 162 Å². The maximum absolute atomic E-state index is 12.3. The van der Waals surface area contributed by atoms with Crippen molar-refractivity contribution in [2.24, 2.45) is 5.73 Å². The van der Waals surface area contributed by atoms with E-state index in [2.05, 4.69) is 93.5 Å². The van der Waals surface area contributed by atoms with E-state index < -0.39 is 5.97 Å². The van der Waals surface area contributed by atoms with Crippen molar-refractivity contribution in [1.29, 1.82) is 0 Å². The zero-order valence-electron chi connectivity index (χ0n) is 37.2. The zero-order chi connectivity index (χ0) is 45.6. The van der Waals surface area contributed by atoms with E-state index in [4.69, 9.17) is 29.8 Å². The Hall–Kier alpha value is -6.80. The van der Waals surface area contributed by atoms with Gasteiger partial charge in [0.15, 0.2) is 13.2 Å². The van der Waals surface area contributed by atoms with Gasteiger partial charge in [0.1, 0.15) is 23.0 Å². The first-order valence-electron chi connectivity index (χ1n) is 22.2. The van der Waals surface area contributed by atoms with Crippen LogP contribution in [0.15, 0.2) is 158 Å². The lowest BCUT2D eigenvalue weighted by Gasteiger charge is -2.36. The molecule has 13 nitrogen and oxygen atoms in total. The Labute approximate surface area is 382 Å². The third kappa shape index (κ3) is 16.4. The standard InChI is InChI=1S/C26H29N3O3.C13H20N2.C13H11NO4/c1-20(21-7-3-2-4-8-21)29-17-14-22(15-18-29)28-25(30)19-31-23-10-12-24(13-11-23)32-26-9-5-6-16-27-26;1-11(12-5-3-2-4-6-12)15-9-7-13(14)8-10-15;15-13(16)9-17-10-4-6-11(7-5-10)18-12-3-1-2-8-14-12/h2-13,16,20,22H,14-15,17-19H2,1H3,(H,28,30);2-6,11,13H,7-10,14H2,1H3;1-8H,9H2,(H,15,16). The first-order chi connectivity index (χ1) is 31.7. The Morgan fingerprint density at radius 2 is 0.985 bits per heavy atom. The van der Waals surface area contributed by atoms with Crippen molar-refractivity contribution in [3.8, 4) is 34.8 Å². The molecule has 0 bridgehead atoms. The van der Waals surface area contributed by atoms with Gasteiger partial charge in [-0.1, -0.05) is 72.8 Å². The van der Waals surface area contributed by atoms with E-state index >= 15 is 0 Å². The number of rotatable bonds is 15. The van der Waals surface area contributed by atoms with Crippen LogP contribution < -0.4 is 30.0 Å². The molecule has 65 heavy (non-hydrogen) atoms. The smallest absolute Gasteiger partial charge is 0.341 e. The molecule has 2 atom stereocenters. The molecule has 4 heterocycles. The minimum atomic E-state index is -1.01. The van der Waals surface area contributed by atoms with E-state index in [9.17, 15) is 9.59 Å². The average Bonchev–Trinajstić information content (AvgIpc) is 3.35. The summed E-state index contributed by atoms with van der Waals surface area (Å²) in [5.74, 6) is 2.30. The second-order valence-electron chi connectivity index (χ2n) is 15.9. The fourth-order valence-corrected chi connectivity index (χ4v) is 7.45. The Morgan fingerprint density at radius 3 is 1.40 bits per heavy atom. The van der Waals surface area contributed by atoms with Crippen LogP contribution in [0.25, 0.3) is 0 Å². The number of carboxylic acids is 1. The van der Waals surface area contributed by atoms with Crippen molar-refractivity contribution in [2.45, 2.75) is 63.7 Å². The number of aliphatic carboxylic acids is 1. The van der Waals surface area contributed by atoms with E-state index in [1.54, 1.807) is 79.1 Å². The van der Waals surface area contributed by atoms with Crippen LogP contribution in [0.3, 0.4) is 0 Å². The molecule has 2 aliphatic rings. The number of aromatic nitrogens is 2. The fraction of sp³-hybridized carbons (Fsp3) is 0.308. The van der Waals surface area contributed by atoms with E-state index in [1.165, 1.54) is 11.1 Å². The molecule has 2 unspecified atom stereocenters. The molecule has 0 spiro atoms. The predicted octanol–water partition coefficient (Wildman–Crippen LogP) is 9.10. The maximum Gasteiger partial charge on any atom is 0.341 e. The van der Waals surface area contributed by atoms with Gasteiger partial charge in [-0.15, -0.1) is 0 Å². The number of carbonyl (C=O) groups excluding carboxylic acids is 1. The number of nitrogens with zero attached hydrogens (tertiary/aromatic N) is 4. The van der Waals surface area contributed by atoms with Gasteiger partial charge in [-0.2, -0.15) is 0 Å². The zero-order valence-corrected chi connectivity index (χ0v) is 37.2. The summed E-state index contributed by atoms with van der Waals surface area (Å²) in [6.45, 7) is 8.39. The molecular formula is C52H60N6O7. The molecule has 8 rings (SSSR count). The van der Waals surface area contributed by atoms with Gasteiger partial charge in [-0.05, 0) is 111 Å². The minimum Gasteiger partial charge on any atom is -0.484 e. The Bertz CT molecular complexity index is 2260. The Balaban J connectivity index is 0.000000178. The van der Waals surface area contributed by atoms with Gasteiger partial charge in [0.2, 0.25) is 11.8 Å². The summed E-state index contributed by atoms with van der Waals surface area (Å²) in [6, 6.07) is 47.5. The molecule has 2 fully saturated rings. The number of carbonyl (C=O) groups is 2. The molecule has 0 radical (unpaired) electrons. The van der Waals surface area contributed by atoms with Gasteiger partial charge in [0.25, 0.3) is 5.91 Å².